The zero-order chi connectivity index (χ0) is 59.6. The minimum atomic E-state index is -0.951. The average molecular weight is 1150 g/mol. The number of thioether (sulfide) groups is 1. The Balaban J connectivity index is 1.21. The molecule has 3 saturated heterocycles. The van der Waals surface area contributed by atoms with Gasteiger partial charge in [0.15, 0.2) is 11.6 Å². The SMILES string of the molecule is CSCC(=O)CCCCCCC(=O)N[C@@H](C(=O)C[C@@H](CCCNC(N)=O)C(=O)Nc1ccc(COC(=O)NCC(=O)C[C@@H]2C[C@@]3(CO3)[C@H](O)[C@@H](/C=C/C(C)=C/C[C@@H]3O[C@H](C)[C@H](NC(=O)/C=C\[C@H](C)OC(C)=O)C[C@@H]3C)O2)cc1)C(C)C. The summed E-state index contributed by atoms with van der Waals surface area (Å²) in [5, 5.41) is 24.9. The molecule has 0 unspecified atom stereocenters. The summed E-state index contributed by atoms with van der Waals surface area (Å²) >= 11 is 1.50. The lowest BCUT2D eigenvalue weighted by Gasteiger charge is -2.39. The second-order valence-electron chi connectivity index (χ2n) is 22.0. The summed E-state index contributed by atoms with van der Waals surface area (Å²) in [6.07, 6.45) is 12.3. The first-order valence-corrected chi connectivity index (χ1v) is 29.7. The molecular formula is C59H88N6O15S. The van der Waals surface area contributed by atoms with E-state index in [2.05, 4.69) is 33.5 Å². The Morgan fingerprint density at radius 1 is 0.914 bits per heavy atom. The van der Waals surface area contributed by atoms with E-state index in [0.29, 0.717) is 62.1 Å². The van der Waals surface area contributed by atoms with Gasteiger partial charge in [-0.15, -0.1) is 0 Å². The molecule has 3 aliphatic heterocycles. The Morgan fingerprint density at radius 3 is 2.27 bits per heavy atom. The van der Waals surface area contributed by atoms with Crippen molar-refractivity contribution >= 4 is 70.6 Å². The summed E-state index contributed by atoms with van der Waals surface area (Å²) in [5.74, 6) is -2.19. The van der Waals surface area contributed by atoms with Gasteiger partial charge in [0, 0.05) is 63.3 Å². The van der Waals surface area contributed by atoms with Gasteiger partial charge in [-0.25, -0.2) is 9.59 Å². The van der Waals surface area contributed by atoms with Crippen LogP contribution in [0.1, 0.15) is 138 Å². The van der Waals surface area contributed by atoms with Gasteiger partial charge in [0.05, 0.1) is 49.3 Å². The van der Waals surface area contributed by atoms with Crippen LogP contribution in [0.15, 0.2) is 60.2 Å². The Bertz CT molecular complexity index is 2370. The highest BCUT2D eigenvalue weighted by molar-refractivity contribution is 7.99. The maximum Gasteiger partial charge on any atom is 0.407 e. The molecule has 0 aromatic heterocycles. The number of primary amides is 1. The third-order valence-corrected chi connectivity index (χ3v) is 15.1. The number of hydrogen-bond acceptors (Lipinski definition) is 16. The first-order chi connectivity index (χ1) is 38.5. The number of rotatable bonds is 34. The number of urea groups is 1. The van der Waals surface area contributed by atoms with Crippen molar-refractivity contribution in [2.45, 2.75) is 193 Å². The highest BCUT2D eigenvalue weighted by atomic mass is 32.2. The van der Waals surface area contributed by atoms with Crippen molar-refractivity contribution in [2.75, 3.05) is 37.0 Å². The molecule has 450 valence electrons. The van der Waals surface area contributed by atoms with Gasteiger partial charge in [-0.1, -0.05) is 69.5 Å². The molecule has 1 aromatic carbocycles. The lowest BCUT2D eigenvalue weighted by Crippen LogP contribution is -2.50. The number of anilines is 1. The Labute approximate surface area is 481 Å². The summed E-state index contributed by atoms with van der Waals surface area (Å²) in [7, 11) is 0. The van der Waals surface area contributed by atoms with E-state index < -0.39 is 66.0 Å². The number of allylic oxidation sites excluding steroid dienone is 2. The van der Waals surface area contributed by atoms with Crippen molar-refractivity contribution in [1.29, 1.82) is 0 Å². The zero-order valence-corrected chi connectivity index (χ0v) is 49.2. The molecule has 3 fully saturated rings. The quantitative estimate of drug-likeness (QED) is 0.0132. The number of ether oxygens (including phenoxy) is 5. The second-order valence-corrected chi connectivity index (χ2v) is 22.8. The minimum Gasteiger partial charge on any atom is -0.459 e. The molecule has 0 aliphatic carbocycles. The Morgan fingerprint density at radius 2 is 1.62 bits per heavy atom. The van der Waals surface area contributed by atoms with Gasteiger partial charge in [-0.2, -0.15) is 11.8 Å². The molecule has 3 aliphatic rings. The number of carbonyl (C=O) groups is 9. The molecule has 4 rings (SSSR count). The monoisotopic (exact) mass is 1150 g/mol. The summed E-state index contributed by atoms with van der Waals surface area (Å²) in [6, 6.07) is 4.83. The van der Waals surface area contributed by atoms with Crippen molar-refractivity contribution < 1.29 is 71.9 Å². The number of epoxide rings is 1. The molecule has 21 nitrogen and oxygen atoms in total. The predicted octanol–water partition coefficient (Wildman–Crippen LogP) is 6.23. The number of unbranched alkanes of at least 4 members (excludes halogenated alkanes) is 3. The normalized spacial score (nSPS) is 23.7. The van der Waals surface area contributed by atoms with Crippen LogP contribution in [0, 0.1) is 17.8 Å². The van der Waals surface area contributed by atoms with E-state index in [4.69, 9.17) is 29.4 Å². The van der Waals surface area contributed by atoms with Gasteiger partial charge in [0.25, 0.3) is 0 Å². The topological polar surface area (TPSA) is 309 Å². The summed E-state index contributed by atoms with van der Waals surface area (Å²) in [5.41, 5.74) is 6.32. The number of nitrogens with two attached hydrogens (primary N) is 1. The van der Waals surface area contributed by atoms with E-state index in [1.165, 1.54) is 30.8 Å². The van der Waals surface area contributed by atoms with Gasteiger partial charge in [0.2, 0.25) is 17.7 Å². The molecule has 81 heavy (non-hydrogen) atoms. The molecule has 3 heterocycles. The van der Waals surface area contributed by atoms with Gasteiger partial charge >= 0.3 is 18.1 Å². The number of aliphatic hydroxyl groups excluding tert-OH is 1. The number of hydrogen-bond donors (Lipinski definition) is 7. The standard InChI is InChI=1S/C59H88N6O15S/c1-36(2)54(65-52(70)16-12-10-9-11-15-45(67)34-81-8)49(69)29-43(14-13-27-61-57(60)74)56(73)63-44-22-20-42(21-23-44)33-76-58(75)62-32-46(68)30-47-31-59(35-77-59)55(72)51(80-47)25-18-37(3)17-24-50-38(4)28-48(40(6)79-50)64-53(71)26-19-39(5)78-41(7)66/h17-23,25-26,36,38-40,43,47-48,50-51,54-55,72H,9-16,24,27-35H2,1-8H3,(H,62,75)(H,63,73)(H,64,71)(H,65,70)(H3,60,61,74)/b25-18+,26-19-,37-17+/t38-,39-,40+,43+,47+,48+,50-,51+,54+,55+,59+/m0/s1. The fourth-order valence-corrected chi connectivity index (χ4v) is 10.3. The average Bonchev–Trinajstić information content (AvgIpc) is 4.26. The van der Waals surface area contributed by atoms with E-state index in [1.54, 1.807) is 37.3 Å². The maximum atomic E-state index is 13.7. The lowest BCUT2D eigenvalue weighted by atomic mass is 9.87. The van der Waals surface area contributed by atoms with Crippen LogP contribution in [0.25, 0.3) is 0 Å². The second kappa shape index (κ2) is 34.5. The molecule has 8 N–H and O–H groups in total. The van der Waals surface area contributed by atoms with Crippen molar-refractivity contribution in [2.24, 2.45) is 23.5 Å². The van der Waals surface area contributed by atoms with Crippen molar-refractivity contribution in [3.63, 3.8) is 0 Å². The third-order valence-electron chi connectivity index (χ3n) is 14.5. The summed E-state index contributed by atoms with van der Waals surface area (Å²) in [4.78, 5) is 113. The zero-order valence-electron chi connectivity index (χ0n) is 48.4. The molecule has 0 saturated carbocycles. The van der Waals surface area contributed by atoms with Crippen LogP contribution in [0.5, 0.6) is 0 Å². The molecule has 22 heteroatoms. The number of nitrogens with one attached hydrogen (secondary N) is 5. The highest BCUT2D eigenvalue weighted by Gasteiger charge is 2.58. The first kappa shape index (κ1) is 67.6. The van der Waals surface area contributed by atoms with E-state index in [9.17, 15) is 48.3 Å². The van der Waals surface area contributed by atoms with Crippen LogP contribution in [-0.2, 0) is 63.9 Å². The van der Waals surface area contributed by atoms with Gasteiger partial charge in [0.1, 0.15) is 36.3 Å². The number of carbonyl (C=O) groups excluding carboxylic acids is 9. The fourth-order valence-electron chi connectivity index (χ4n) is 9.83. The van der Waals surface area contributed by atoms with Crippen LogP contribution in [0.2, 0.25) is 0 Å². The van der Waals surface area contributed by atoms with Gasteiger partial charge in [-0.3, -0.25) is 33.6 Å². The van der Waals surface area contributed by atoms with Crippen molar-refractivity contribution in [3.8, 4) is 0 Å². The van der Waals surface area contributed by atoms with Crippen LogP contribution < -0.4 is 32.3 Å². The Hall–Kier alpha value is -5.94. The van der Waals surface area contributed by atoms with Gasteiger partial charge < -0.3 is 61.1 Å². The Kier molecular flexibility index (Phi) is 28.8. The number of esters is 1. The largest absolute Gasteiger partial charge is 0.459 e. The summed E-state index contributed by atoms with van der Waals surface area (Å²) < 4.78 is 28.6. The van der Waals surface area contributed by atoms with E-state index in [-0.39, 0.29) is 105 Å². The molecule has 1 spiro atoms. The fraction of sp³-hybridized carbons (Fsp3) is 0.644. The number of Topliss-reactive ketones (excluding diaryl/α,β-unsaturated/α-hetero) is 3. The van der Waals surface area contributed by atoms with E-state index >= 15 is 0 Å². The summed E-state index contributed by atoms with van der Waals surface area (Å²) in [6.45, 7) is 12.6. The van der Waals surface area contributed by atoms with E-state index in [1.807, 2.05) is 46.1 Å². The minimum absolute atomic E-state index is 0.0377. The van der Waals surface area contributed by atoms with Crippen LogP contribution in [0.4, 0.5) is 15.3 Å². The highest BCUT2D eigenvalue weighted by Crippen LogP contribution is 2.43. The lowest BCUT2D eigenvalue weighted by molar-refractivity contribution is -0.144. The molecule has 0 radical (unpaired) electrons. The first-order valence-electron chi connectivity index (χ1n) is 28.3. The molecule has 0 bridgehead atoms. The van der Waals surface area contributed by atoms with E-state index in [0.717, 1.165) is 24.8 Å². The smallest absolute Gasteiger partial charge is 0.407 e. The molecule has 6 amide bonds. The van der Waals surface area contributed by atoms with Gasteiger partial charge in [-0.05, 0) is 101 Å². The maximum absolute atomic E-state index is 13.7. The number of alkyl carbamates (subject to hydrolysis) is 1. The number of ketones is 3. The number of benzene rings is 1. The molecule has 1 aromatic rings. The van der Waals surface area contributed by atoms with Crippen molar-refractivity contribution in [3.05, 3.63) is 65.8 Å². The number of aliphatic hydroxyl groups is 1. The molecule has 11 atom stereocenters. The molecular weight excluding hydrogens is 1060 g/mol. The van der Waals surface area contributed by atoms with Crippen LogP contribution in [-0.4, -0.2) is 144 Å². The van der Waals surface area contributed by atoms with Crippen molar-refractivity contribution in [1.82, 2.24) is 21.3 Å². The number of amides is 6. The van der Waals surface area contributed by atoms with Crippen LogP contribution in [0.3, 0.4) is 0 Å². The third kappa shape index (κ3) is 25.0. The van der Waals surface area contributed by atoms with Crippen LogP contribution >= 0.6 is 11.8 Å². The predicted molar refractivity (Wildman–Crippen MR) is 307 cm³/mol.